The molecule has 1 heterocycles. The van der Waals surface area contributed by atoms with Crippen molar-refractivity contribution in [3.05, 3.63) is 65.2 Å². The number of morpholine rings is 1. The standard InChI is InChI=1S/C22H27N3O6S2/c26-22(17-5-9-21(10-6-17)33(29,30)24-20-7-8-20)23-15-18-3-1-2-4-19(18)16-32(27,28)25-11-13-31-14-12-25/h1-6,9-10,20,24H,7-8,11-16H2,(H,23,26). The Labute approximate surface area is 194 Å². The van der Waals surface area contributed by atoms with Crippen LogP contribution >= 0.6 is 0 Å². The van der Waals surface area contributed by atoms with Crippen LogP contribution in [0.4, 0.5) is 0 Å². The highest BCUT2D eigenvalue weighted by Crippen LogP contribution is 2.22. The highest BCUT2D eigenvalue weighted by atomic mass is 32.2. The SMILES string of the molecule is O=C(NCc1ccccc1CS(=O)(=O)N1CCOCC1)c1ccc(S(=O)(=O)NC2CC2)cc1. The van der Waals surface area contributed by atoms with Gasteiger partial charge in [0.25, 0.3) is 5.91 Å². The molecule has 2 fully saturated rings. The molecule has 1 saturated heterocycles. The van der Waals surface area contributed by atoms with Crippen molar-refractivity contribution in [2.24, 2.45) is 0 Å². The molecule has 2 aliphatic rings. The van der Waals surface area contributed by atoms with Crippen molar-refractivity contribution in [2.75, 3.05) is 26.3 Å². The Morgan fingerprint density at radius 2 is 1.58 bits per heavy atom. The van der Waals surface area contributed by atoms with E-state index in [0.29, 0.717) is 43.0 Å². The predicted molar refractivity (Wildman–Crippen MR) is 122 cm³/mol. The van der Waals surface area contributed by atoms with Gasteiger partial charge in [-0.15, -0.1) is 0 Å². The number of hydrogen-bond donors (Lipinski definition) is 2. The molecule has 11 heteroatoms. The number of amides is 1. The molecule has 178 valence electrons. The second kappa shape index (κ2) is 9.90. The lowest BCUT2D eigenvalue weighted by molar-refractivity contribution is 0.0729. The number of rotatable bonds is 9. The number of hydrogen-bond acceptors (Lipinski definition) is 6. The van der Waals surface area contributed by atoms with Crippen molar-refractivity contribution in [2.45, 2.75) is 36.1 Å². The molecular formula is C22H27N3O6S2. The number of nitrogens with zero attached hydrogens (tertiary/aromatic N) is 1. The minimum atomic E-state index is -3.58. The van der Waals surface area contributed by atoms with Crippen LogP contribution in [-0.4, -0.2) is 59.4 Å². The van der Waals surface area contributed by atoms with E-state index in [1.165, 1.54) is 28.6 Å². The Balaban J connectivity index is 1.39. The number of sulfonamides is 2. The van der Waals surface area contributed by atoms with Crippen molar-refractivity contribution in [1.82, 2.24) is 14.3 Å². The van der Waals surface area contributed by atoms with Crippen LogP contribution in [0.1, 0.15) is 34.3 Å². The maximum absolute atomic E-state index is 12.8. The largest absolute Gasteiger partial charge is 0.379 e. The smallest absolute Gasteiger partial charge is 0.251 e. The van der Waals surface area contributed by atoms with Crippen LogP contribution in [0, 0.1) is 0 Å². The van der Waals surface area contributed by atoms with Crippen LogP contribution in [0.2, 0.25) is 0 Å². The monoisotopic (exact) mass is 493 g/mol. The fraction of sp³-hybridized carbons (Fsp3) is 0.409. The first kappa shape index (κ1) is 23.8. The van der Waals surface area contributed by atoms with Gasteiger partial charge in [-0.05, 0) is 48.2 Å². The summed E-state index contributed by atoms with van der Waals surface area (Å²) in [6.45, 7) is 1.59. The third-order valence-corrected chi connectivity index (χ3v) is 8.95. The number of carbonyl (C=O) groups excluding carboxylic acids is 1. The van der Waals surface area contributed by atoms with E-state index in [1.54, 1.807) is 24.3 Å². The third kappa shape index (κ3) is 6.18. The van der Waals surface area contributed by atoms with E-state index in [1.807, 2.05) is 0 Å². The average Bonchev–Trinajstić information content (AvgIpc) is 3.62. The molecule has 0 unspecified atom stereocenters. The highest BCUT2D eigenvalue weighted by Gasteiger charge is 2.28. The first-order valence-electron chi connectivity index (χ1n) is 10.8. The molecule has 0 atom stereocenters. The fourth-order valence-corrected chi connectivity index (χ4v) is 6.40. The van der Waals surface area contributed by atoms with Gasteiger partial charge in [-0.3, -0.25) is 4.79 Å². The zero-order valence-electron chi connectivity index (χ0n) is 18.1. The van der Waals surface area contributed by atoms with Gasteiger partial charge in [0.1, 0.15) is 0 Å². The molecule has 2 N–H and O–H groups in total. The second-order valence-corrected chi connectivity index (χ2v) is 11.8. The number of benzene rings is 2. The van der Waals surface area contributed by atoms with Crippen LogP contribution in [0.5, 0.6) is 0 Å². The maximum Gasteiger partial charge on any atom is 0.251 e. The molecule has 2 aromatic rings. The lowest BCUT2D eigenvalue weighted by Gasteiger charge is -2.26. The molecule has 33 heavy (non-hydrogen) atoms. The van der Waals surface area contributed by atoms with E-state index in [4.69, 9.17) is 4.74 Å². The van der Waals surface area contributed by atoms with Gasteiger partial charge >= 0.3 is 0 Å². The molecule has 0 spiro atoms. The number of nitrogens with one attached hydrogen (secondary N) is 2. The summed E-state index contributed by atoms with van der Waals surface area (Å²) >= 11 is 0. The van der Waals surface area contributed by atoms with Crippen molar-refractivity contribution in [3.63, 3.8) is 0 Å². The number of carbonyl (C=O) groups is 1. The van der Waals surface area contributed by atoms with E-state index in [9.17, 15) is 21.6 Å². The summed E-state index contributed by atoms with van der Waals surface area (Å²) in [4.78, 5) is 12.7. The molecule has 1 amide bonds. The van der Waals surface area contributed by atoms with E-state index >= 15 is 0 Å². The van der Waals surface area contributed by atoms with Crippen molar-refractivity contribution in [1.29, 1.82) is 0 Å². The lowest BCUT2D eigenvalue weighted by atomic mass is 10.1. The van der Waals surface area contributed by atoms with Crippen molar-refractivity contribution >= 4 is 26.0 Å². The minimum absolute atomic E-state index is 0.00473. The highest BCUT2D eigenvalue weighted by molar-refractivity contribution is 7.89. The molecule has 1 aliphatic heterocycles. The molecule has 0 aromatic heterocycles. The Hall–Kier alpha value is -2.31. The molecule has 0 bridgehead atoms. The Morgan fingerprint density at radius 1 is 0.939 bits per heavy atom. The molecule has 9 nitrogen and oxygen atoms in total. The third-order valence-electron chi connectivity index (χ3n) is 5.59. The average molecular weight is 494 g/mol. The van der Waals surface area contributed by atoms with Gasteiger partial charge in [-0.1, -0.05) is 24.3 Å². The summed E-state index contributed by atoms with van der Waals surface area (Å²) in [5.41, 5.74) is 1.64. The summed E-state index contributed by atoms with van der Waals surface area (Å²) < 4.78 is 59.4. The normalized spacial score (nSPS) is 17.6. The van der Waals surface area contributed by atoms with Gasteiger partial charge in [0.2, 0.25) is 20.0 Å². The molecule has 0 radical (unpaired) electrons. The van der Waals surface area contributed by atoms with E-state index in [-0.39, 0.29) is 29.1 Å². The van der Waals surface area contributed by atoms with E-state index in [2.05, 4.69) is 10.0 Å². The quantitative estimate of drug-likeness (QED) is 0.542. The van der Waals surface area contributed by atoms with Gasteiger partial charge in [0.15, 0.2) is 0 Å². The summed E-state index contributed by atoms with van der Waals surface area (Å²) in [6, 6.07) is 12.8. The summed E-state index contributed by atoms with van der Waals surface area (Å²) in [6.07, 6.45) is 1.68. The van der Waals surface area contributed by atoms with Gasteiger partial charge < -0.3 is 10.1 Å². The summed E-state index contributed by atoms with van der Waals surface area (Å²) in [5.74, 6) is -0.528. The Kier molecular flexibility index (Phi) is 7.15. The Bertz CT molecular complexity index is 1200. The van der Waals surface area contributed by atoms with Crippen LogP contribution in [0.25, 0.3) is 0 Å². The molecule has 2 aromatic carbocycles. The predicted octanol–water partition coefficient (Wildman–Crippen LogP) is 1.22. The summed E-state index contributed by atoms with van der Waals surface area (Å²) in [7, 11) is -7.07. The van der Waals surface area contributed by atoms with Crippen molar-refractivity contribution < 1.29 is 26.4 Å². The van der Waals surface area contributed by atoms with Crippen LogP contribution in [0.15, 0.2) is 53.4 Å². The molecule has 4 rings (SSSR count). The van der Waals surface area contributed by atoms with Crippen LogP contribution in [0.3, 0.4) is 0 Å². The minimum Gasteiger partial charge on any atom is -0.379 e. The molecular weight excluding hydrogens is 466 g/mol. The fourth-order valence-electron chi connectivity index (χ4n) is 3.54. The zero-order chi connectivity index (χ0) is 23.5. The van der Waals surface area contributed by atoms with E-state index < -0.39 is 20.0 Å². The van der Waals surface area contributed by atoms with Crippen LogP contribution in [-0.2, 0) is 37.1 Å². The van der Waals surface area contributed by atoms with Gasteiger partial charge in [0.05, 0.1) is 23.9 Å². The Morgan fingerprint density at radius 3 is 2.21 bits per heavy atom. The van der Waals surface area contributed by atoms with Crippen LogP contribution < -0.4 is 10.0 Å². The molecule has 1 saturated carbocycles. The second-order valence-electron chi connectivity index (χ2n) is 8.14. The van der Waals surface area contributed by atoms with Crippen molar-refractivity contribution in [3.8, 4) is 0 Å². The first-order chi connectivity index (χ1) is 15.7. The lowest BCUT2D eigenvalue weighted by Crippen LogP contribution is -2.41. The van der Waals surface area contributed by atoms with Gasteiger partial charge in [0, 0.05) is 31.2 Å². The van der Waals surface area contributed by atoms with E-state index in [0.717, 1.165) is 12.8 Å². The topological polar surface area (TPSA) is 122 Å². The molecule has 1 aliphatic carbocycles. The van der Waals surface area contributed by atoms with Gasteiger partial charge in [-0.25, -0.2) is 21.6 Å². The van der Waals surface area contributed by atoms with Gasteiger partial charge in [-0.2, -0.15) is 4.31 Å². The summed E-state index contributed by atoms with van der Waals surface area (Å²) in [5, 5.41) is 2.79. The maximum atomic E-state index is 12.8. The first-order valence-corrected chi connectivity index (χ1v) is 13.9. The zero-order valence-corrected chi connectivity index (χ0v) is 19.7. The number of ether oxygens (including phenoxy) is 1.